The number of rotatable bonds is 1. The predicted octanol–water partition coefficient (Wildman–Crippen LogP) is -1.20. The first-order chi connectivity index (χ1) is 4.97. The number of nitrogens with one attached hydrogen (secondary N) is 3. The van der Waals surface area contributed by atoms with E-state index in [1.54, 1.807) is 0 Å². The summed E-state index contributed by atoms with van der Waals surface area (Å²) in [4.78, 5) is 5.04. The number of hydroxylamine groups is 1. The zero-order valence-electron chi connectivity index (χ0n) is 5.89. The lowest BCUT2D eigenvalue weighted by Gasteiger charge is -2.16. The van der Waals surface area contributed by atoms with E-state index in [1.807, 2.05) is 0 Å². The van der Waals surface area contributed by atoms with Crippen molar-refractivity contribution in [2.45, 2.75) is 18.6 Å². The Hall–Kier alpha value is -0.160. The van der Waals surface area contributed by atoms with Crippen molar-refractivity contribution in [3.05, 3.63) is 0 Å². The molecule has 2 rings (SSSR count). The van der Waals surface area contributed by atoms with Gasteiger partial charge in [0.25, 0.3) is 0 Å². The fraction of sp³-hybridized carbons (Fsp3) is 1.00. The molecule has 4 nitrogen and oxygen atoms in total. The van der Waals surface area contributed by atoms with Crippen LogP contribution in [0.5, 0.6) is 0 Å². The second-order valence-corrected chi connectivity index (χ2v) is 2.75. The van der Waals surface area contributed by atoms with Crippen LogP contribution in [0.1, 0.15) is 6.42 Å². The highest BCUT2D eigenvalue weighted by atomic mass is 16.7. The van der Waals surface area contributed by atoms with Crippen molar-refractivity contribution >= 4 is 0 Å². The first-order valence-electron chi connectivity index (χ1n) is 3.81. The maximum Gasteiger partial charge on any atom is 0.0755 e. The summed E-state index contributed by atoms with van der Waals surface area (Å²) in [6, 6.07) is 0.461. The van der Waals surface area contributed by atoms with Gasteiger partial charge in [-0.05, 0) is 6.42 Å². The SMILES string of the molecule is C1CNC(C2CCON2)N1. The van der Waals surface area contributed by atoms with Gasteiger partial charge in [-0.2, -0.15) is 5.48 Å². The summed E-state index contributed by atoms with van der Waals surface area (Å²) in [5.74, 6) is 0. The third kappa shape index (κ3) is 1.15. The summed E-state index contributed by atoms with van der Waals surface area (Å²) in [5.41, 5.74) is 2.97. The zero-order valence-corrected chi connectivity index (χ0v) is 5.89. The first-order valence-corrected chi connectivity index (χ1v) is 3.81. The molecule has 0 aromatic carbocycles. The van der Waals surface area contributed by atoms with Gasteiger partial charge in [0.1, 0.15) is 0 Å². The van der Waals surface area contributed by atoms with Crippen LogP contribution in [-0.4, -0.2) is 31.9 Å². The molecule has 1 atom stereocenters. The standard InChI is InChI=1S/C6H13N3O/c1-4-10-9-5(1)6-7-2-3-8-6/h5-9H,1-4H2. The lowest BCUT2D eigenvalue weighted by atomic mass is 10.2. The first kappa shape index (κ1) is 6.54. The van der Waals surface area contributed by atoms with Gasteiger partial charge >= 0.3 is 0 Å². The Kier molecular flexibility index (Phi) is 1.86. The van der Waals surface area contributed by atoms with Crippen LogP contribution in [0.2, 0.25) is 0 Å². The molecule has 58 valence electrons. The van der Waals surface area contributed by atoms with Gasteiger partial charge < -0.3 is 4.84 Å². The Morgan fingerprint density at radius 1 is 1.20 bits per heavy atom. The van der Waals surface area contributed by atoms with Crippen molar-refractivity contribution < 1.29 is 4.84 Å². The maximum atomic E-state index is 5.04. The van der Waals surface area contributed by atoms with Crippen molar-refractivity contribution in [3.63, 3.8) is 0 Å². The second kappa shape index (κ2) is 2.84. The third-order valence-electron chi connectivity index (χ3n) is 2.02. The van der Waals surface area contributed by atoms with Gasteiger partial charge in [0.2, 0.25) is 0 Å². The summed E-state index contributed by atoms with van der Waals surface area (Å²) >= 11 is 0. The smallest absolute Gasteiger partial charge is 0.0755 e. The van der Waals surface area contributed by atoms with Gasteiger partial charge in [0, 0.05) is 13.1 Å². The van der Waals surface area contributed by atoms with Crippen molar-refractivity contribution in [1.29, 1.82) is 0 Å². The van der Waals surface area contributed by atoms with Gasteiger partial charge in [-0.3, -0.25) is 10.6 Å². The molecule has 2 saturated heterocycles. The van der Waals surface area contributed by atoms with E-state index in [0.717, 1.165) is 26.1 Å². The summed E-state index contributed by atoms with van der Waals surface area (Å²) in [7, 11) is 0. The van der Waals surface area contributed by atoms with Crippen molar-refractivity contribution in [2.24, 2.45) is 0 Å². The fourth-order valence-corrected chi connectivity index (χ4v) is 1.46. The second-order valence-electron chi connectivity index (χ2n) is 2.75. The highest BCUT2D eigenvalue weighted by Crippen LogP contribution is 2.05. The zero-order chi connectivity index (χ0) is 6.81. The molecule has 0 bridgehead atoms. The summed E-state index contributed by atoms with van der Waals surface area (Å²) in [6.07, 6.45) is 1.52. The molecule has 2 fully saturated rings. The Bertz CT molecular complexity index is 93.6. The third-order valence-corrected chi connectivity index (χ3v) is 2.02. The van der Waals surface area contributed by atoms with Gasteiger partial charge in [-0.1, -0.05) is 0 Å². The lowest BCUT2D eigenvalue weighted by molar-refractivity contribution is 0.0812. The van der Waals surface area contributed by atoms with E-state index in [1.165, 1.54) is 0 Å². The Labute approximate surface area is 60.3 Å². The monoisotopic (exact) mass is 143 g/mol. The molecule has 2 aliphatic rings. The highest BCUT2D eigenvalue weighted by Gasteiger charge is 2.26. The van der Waals surface area contributed by atoms with Gasteiger partial charge in [0.05, 0.1) is 18.8 Å². The molecule has 0 amide bonds. The van der Waals surface area contributed by atoms with Crippen molar-refractivity contribution in [3.8, 4) is 0 Å². The van der Waals surface area contributed by atoms with Crippen LogP contribution < -0.4 is 16.1 Å². The van der Waals surface area contributed by atoms with E-state index in [0.29, 0.717) is 12.2 Å². The van der Waals surface area contributed by atoms with Gasteiger partial charge in [0.15, 0.2) is 0 Å². The Balaban J connectivity index is 1.85. The normalized spacial score (nSPS) is 35.4. The Morgan fingerprint density at radius 3 is 2.60 bits per heavy atom. The molecule has 0 spiro atoms. The molecule has 0 aliphatic carbocycles. The molecule has 2 heterocycles. The molecule has 4 heteroatoms. The van der Waals surface area contributed by atoms with Gasteiger partial charge in [-0.15, -0.1) is 0 Å². The molecule has 1 unspecified atom stereocenters. The Morgan fingerprint density at radius 2 is 2.00 bits per heavy atom. The number of hydrogen-bond donors (Lipinski definition) is 3. The quantitative estimate of drug-likeness (QED) is 0.431. The minimum absolute atomic E-state index is 0.419. The fourth-order valence-electron chi connectivity index (χ4n) is 1.46. The maximum absolute atomic E-state index is 5.04. The topological polar surface area (TPSA) is 45.3 Å². The molecule has 3 N–H and O–H groups in total. The molecule has 0 aromatic heterocycles. The average molecular weight is 143 g/mol. The number of hydrogen-bond acceptors (Lipinski definition) is 4. The molecule has 0 aromatic rings. The predicted molar refractivity (Wildman–Crippen MR) is 37.3 cm³/mol. The molecule has 0 saturated carbocycles. The van der Waals surface area contributed by atoms with Crippen LogP contribution in [0.25, 0.3) is 0 Å². The van der Waals surface area contributed by atoms with E-state index in [4.69, 9.17) is 4.84 Å². The van der Waals surface area contributed by atoms with Crippen molar-refractivity contribution in [1.82, 2.24) is 16.1 Å². The van der Waals surface area contributed by atoms with Crippen LogP contribution in [0.15, 0.2) is 0 Å². The molecular weight excluding hydrogens is 130 g/mol. The summed E-state index contributed by atoms with van der Waals surface area (Å²) in [5, 5.41) is 6.69. The van der Waals surface area contributed by atoms with Gasteiger partial charge in [-0.25, -0.2) is 0 Å². The molecular formula is C6H13N3O. The van der Waals surface area contributed by atoms with Crippen molar-refractivity contribution in [2.75, 3.05) is 19.7 Å². The lowest BCUT2D eigenvalue weighted by Crippen LogP contribution is -2.47. The molecule has 2 aliphatic heterocycles. The average Bonchev–Trinajstić information content (AvgIpc) is 2.59. The minimum atomic E-state index is 0.419. The van der Waals surface area contributed by atoms with Crippen LogP contribution in [-0.2, 0) is 4.84 Å². The highest BCUT2D eigenvalue weighted by molar-refractivity contribution is 4.84. The summed E-state index contributed by atoms with van der Waals surface area (Å²) in [6.45, 7) is 2.98. The minimum Gasteiger partial charge on any atom is -0.301 e. The van der Waals surface area contributed by atoms with Crippen LogP contribution >= 0.6 is 0 Å². The van der Waals surface area contributed by atoms with E-state index in [-0.39, 0.29) is 0 Å². The van der Waals surface area contributed by atoms with E-state index in [2.05, 4.69) is 16.1 Å². The summed E-state index contributed by atoms with van der Waals surface area (Å²) < 4.78 is 0. The van der Waals surface area contributed by atoms with E-state index in [9.17, 15) is 0 Å². The van der Waals surface area contributed by atoms with Crippen LogP contribution in [0, 0.1) is 0 Å². The van der Waals surface area contributed by atoms with Crippen LogP contribution in [0.3, 0.4) is 0 Å². The largest absolute Gasteiger partial charge is 0.301 e. The molecule has 0 radical (unpaired) electrons. The van der Waals surface area contributed by atoms with Crippen LogP contribution in [0.4, 0.5) is 0 Å². The van der Waals surface area contributed by atoms with E-state index >= 15 is 0 Å². The van der Waals surface area contributed by atoms with E-state index < -0.39 is 0 Å². The molecule has 10 heavy (non-hydrogen) atoms.